The summed E-state index contributed by atoms with van der Waals surface area (Å²) in [5.41, 5.74) is 11.1. The van der Waals surface area contributed by atoms with Gasteiger partial charge in [0.25, 0.3) is 0 Å². The molecule has 4 rings (SSSR count). The molecule has 0 saturated carbocycles. The van der Waals surface area contributed by atoms with Crippen LogP contribution in [0.1, 0.15) is 94.9 Å². The third kappa shape index (κ3) is 35.9. The van der Waals surface area contributed by atoms with Gasteiger partial charge in [-0.15, -0.1) is 0 Å². The Morgan fingerprint density at radius 3 is 1.07 bits per heavy atom. The molecule has 0 aromatic carbocycles. The van der Waals surface area contributed by atoms with Gasteiger partial charge in [-0.2, -0.15) is 23.5 Å². The second-order valence-electron chi connectivity index (χ2n) is 31.0. The van der Waals surface area contributed by atoms with Crippen molar-refractivity contribution in [3.8, 4) is 0 Å². The SMILES string of the molecule is CC(=O)NC1C(OC2C(CO)OC(OC3C(CO)OC(OC4C(CO)OC(O)C(NC(C)=O)C4OC(C)C(=O)NC(C)C(=O)NC(CCC(=O)NC(CSCC(N)C(=O)O)C(=O)NC(C)C(=O)O)C(=O)O)C(NC(C)=O)C3O)C(NC(C)=O)C2OC(C)C(=O)NC(C)C(=O)NC(CCC(=O)NC(CSCC(N)C(=O)O)C(=O)NC(C)C(=O)NCC(=O)O)C(=O)O)OC(CO)C(O)C1O. The lowest BCUT2D eigenvalue weighted by Crippen LogP contribution is -2.72. The second-order valence-corrected chi connectivity index (χ2v) is 33.2. The number of carboxylic acids is 6. The van der Waals surface area contributed by atoms with Crippen LogP contribution in [0.15, 0.2) is 0 Å². The van der Waals surface area contributed by atoms with Crippen LogP contribution in [0, 0.1) is 0 Å². The number of carboxylic acid groups (broad SMARTS) is 6. The highest BCUT2D eigenvalue weighted by molar-refractivity contribution is 7.99. The van der Waals surface area contributed by atoms with Gasteiger partial charge in [-0.25, -0.2) is 9.59 Å². The van der Waals surface area contributed by atoms with E-state index in [0.29, 0.717) is 0 Å². The molecule has 59 heteroatoms. The van der Waals surface area contributed by atoms with Gasteiger partial charge in [0.15, 0.2) is 25.2 Å². The van der Waals surface area contributed by atoms with Crippen molar-refractivity contribution in [2.45, 2.75) is 290 Å². The summed E-state index contributed by atoms with van der Waals surface area (Å²) in [4.78, 5) is 244. The molecule has 0 aromatic heterocycles. The number of thioether (sulfide) groups is 2. The number of nitrogens with one attached hydrogen (secondary N) is 13. The molecule has 0 aromatic rings. The molecule has 4 heterocycles. The molecule has 133 heavy (non-hydrogen) atoms. The highest BCUT2D eigenvalue weighted by atomic mass is 32.2. The molecule has 0 spiro atoms. The van der Waals surface area contributed by atoms with Crippen molar-refractivity contribution in [1.29, 1.82) is 0 Å². The molecule has 31 N–H and O–H groups in total. The predicted octanol–water partition coefficient (Wildman–Crippen LogP) is -15.1. The van der Waals surface area contributed by atoms with Crippen LogP contribution in [0.5, 0.6) is 0 Å². The van der Waals surface area contributed by atoms with E-state index >= 15 is 0 Å². The van der Waals surface area contributed by atoms with E-state index in [1.54, 1.807) is 0 Å². The van der Waals surface area contributed by atoms with Gasteiger partial charge in [0.2, 0.25) is 76.8 Å². The molecule has 754 valence electrons. The van der Waals surface area contributed by atoms with E-state index in [-0.39, 0.29) is 23.0 Å². The number of carbonyl (C=O) groups excluding carboxylic acids is 13. The number of ether oxygens (including phenoxy) is 9. The van der Waals surface area contributed by atoms with E-state index < -0.39 is 366 Å². The van der Waals surface area contributed by atoms with Crippen molar-refractivity contribution < 1.29 is 205 Å². The number of aliphatic hydroxyl groups is 8. The first-order valence-electron chi connectivity index (χ1n) is 41.1. The summed E-state index contributed by atoms with van der Waals surface area (Å²) in [6, 6.07) is -23.8. The van der Waals surface area contributed by atoms with Crippen molar-refractivity contribution in [3.63, 3.8) is 0 Å². The lowest BCUT2D eigenvalue weighted by Gasteiger charge is -2.52. The fraction of sp³-hybridized carbons (Fsp3) is 0.743. The Labute approximate surface area is 765 Å². The quantitative estimate of drug-likeness (QED) is 0.0269. The van der Waals surface area contributed by atoms with Crippen molar-refractivity contribution in [2.75, 3.05) is 56.0 Å². The van der Waals surface area contributed by atoms with Crippen LogP contribution < -0.4 is 80.6 Å². The Morgan fingerprint density at radius 1 is 0.346 bits per heavy atom. The van der Waals surface area contributed by atoms with E-state index in [1.807, 2.05) is 5.32 Å². The summed E-state index contributed by atoms with van der Waals surface area (Å²) < 4.78 is 55.6. The zero-order valence-corrected chi connectivity index (χ0v) is 75.0. The molecule has 13 amide bonds. The van der Waals surface area contributed by atoms with Crippen LogP contribution in [0.4, 0.5) is 0 Å². The normalized spacial score (nSPS) is 27.8. The number of carbonyl (C=O) groups is 19. The summed E-state index contributed by atoms with van der Waals surface area (Å²) in [5, 5.41) is 177. The van der Waals surface area contributed by atoms with Crippen LogP contribution >= 0.6 is 23.5 Å². The van der Waals surface area contributed by atoms with E-state index in [9.17, 15) is 157 Å². The van der Waals surface area contributed by atoms with Crippen LogP contribution in [-0.4, -0.2) is 435 Å². The van der Waals surface area contributed by atoms with Crippen molar-refractivity contribution in [1.82, 2.24) is 69.1 Å². The van der Waals surface area contributed by atoms with Gasteiger partial charge >= 0.3 is 35.8 Å². The summed E-state index contributed by atoms with van der Waals surface area (Å²) in [5.74, 6) is -24.3. The number of hydrogen-bond donors (Lipinski definition) is 29. The molecule has 0 aliphatic carbocycles. The van der Waals surface area contributed by atoms with Crippen LogP contribution in [0.2, 0.25) is 0 Å². The van der Waals surface area contributed by atoms with Gasteiger partial charge in [-0.3, -0.25) is 81.5 Å². The van der Waals surface area contributed by atoms with Gasteiger partial charge in [0.05, 0.1) is 26.4 Å². The minimum atomic E-state index is -2.31. The molecule has 57 nitrogen and oxygen atoms in total. The fourth-order valence-electron chi connectivity index (χ4n) is 13.2. The smallest absolute Gasteiger partial charge is 0.326 e. The number of amides is 13. The Bertz CT molecular complexity index is 4040. The summed E-state index contributed by atoms with van der Waals surface area (Å²) in [6.07, 6.45) is -39.3. The maximum absolute atomic E-state index is 14.5. The van der Waals surface area contributed by atoms with Gasteiger partial charge in [-0.1, -0.05) is 0 Å². The molecule has 0 bridgehead atoms. The second kappa shape index (κ2) is 55.0. The molecule has 32 unspecified atom stereocenters. The first-order valence-corrected chi connectivity index (χ1v) is 43.4. The van der Waals surface area contributed by atoms with Crippen LogP contribution in [0.3, 0.4) is 0 Å². The topological polar surface area (TPSA) is 899 Å². The van der Waals surface area contributed by atoms with Crippen molar-refractivity contribution in [2.24, 2.45) is 11.5 Å². The molecule has 4 aliphatic heterocycles. The van der Waals surface area contributed by atoms with Crippen LogP contribution in [0.25, 0.3) is 0 Å². The lowest BCUT2D eigenvalue weighted by atomic mass is 9.92. The molecular formula is C74H119N15O42S2. The summed E-state index contributed by atoms with van der Waals surface area (Å²) in [6.45, 7) is 4.73. The zero-order chi connectivity index (χ0) is 101. The average Bonchev–Trinajstić information content (AvgIpc) is 0.757. The zero-order valence-electron chi connectivity index (χ0n) is 73.3. The highest BCUT2D eigenvalue weighted by Gasteiger charge is 2.58. The van der Waals surface area contributed by atoms with Crippen molar-refractivity contribution >= 4 is 136 Å². The Hall–Kier alpha value is -10.1. The van der Waals surface area contributed by atoms with Gasteiger partial charge in [0, 0.05) is 63.5 Å². The number of nitrogens with two attached hydrogens (primary N) is 2. The largest absolute Gasteiger partial charge is 0.480 e. The minimum Gasteiger partial charge on any atom is -0.480 e. The molecule has 4 saturated heterocycles. The highest BCUT2D eigenvalue weighted by Crippen LogP contribution is 2.37. The first-order chi connectivity index (χ1) is 62.2. The van der Waals surface area contributed by atoms with Gasteiger partial charge in [-0.05, 0) is 54.4 Å². The van der Waals surface area contributed by atoms with E-state index in [4.69, 9.17) is 59.2 Å². The third-order valence-corrected chi connectivity index (χ3v) is 22.6. The summed E-state index contributed by atoms with van der Waals surface area (Å²) in [7, 11) is 0. The monoisotopic (exact) mass is 1950 g/mol. The standard InChI is InChI=1S/C74H119N15O42S2/c1-24(59(105)77-15-46(100)101)80-64(110)38(22-132-20-34(75)67(114)115)86-44(98)13-11-36(69(118)119)89-61(107)26(3)79-63(109)29(6)124-58-50(85-33(10)97)74(128-43(19-93)56(58)131-72-47(82-30(7)94)52(103)51(102)40(16-90)126-72)129-54-41(17-91)127-73(48(53(54)104)83-31(8)95)130-55-42(18-92)125-71(122)49(84-32(9)96)57(55)123-28(5)62(108)78-25(2)60(106)88-37(70(120)121)12-14-45(99)87-39(23-133-21-35(76)68(116)117)65(111)81-27(4)66(112)113/h24-29,34-43,47-58,71-74,90-93,102-104,122H,11-23,75-76H2,1-10H3,(H,77,105)(H,78,108)(H,79,109)(H,80,110)(H,81,111)(H,82,94)(H,83,95)(H,84,96)(H,85,97)(H,86,98)(H,87,99)(H,88,106)(H,89,107)(H,100,101)(H,112,113)(H,114,115)(H,116,117)(H,118,119)(H,120,121). The maximum Gasteiger partial charge on any atom is 0.326 e. The fourth-order valence-corrected chi connectivity index (χ4v) is 15.2. The predicted molar refractivity (Wildman–Crippen MR) is 443 cm³/mol. The average molecular weight is 1950 g/mol. The van der Waals surface area contributed by atoms with Gasteiger partial charge in [0.1, 0.15) is 177 Å². The van der Waals surface area contributed by atoms with E-state index in [2.05, 4.69) is 63.8 Å². The Balaban J connectivity index is 1.69. The number of rotatable bonds is 54. The molecule has 4 fully saturated rings. The number of aliphatic carboxylic acids is 6. The third-order valence-electron chi connectivity index (χ3n) is 20.3. The Morgan fingerprint density at radius 2 is 0.684 bits per heavy atom. The lowest BCUT2D eigenvalue weighted by molar-refractivity contribution is -0.365. The molecule has 32 atom stereocenters. The molecule has 4 aliphatic rings. The summed E-state index contributed by atoms with van der Waals surface area (Å²) >= 11 is 1.57. The van der Waals surface area contributed by atoms with Gasteiger partial charge < -0.3 is 195 Å². The first kappa shape index (κ1) is 115. The number of hydrogen-bond acceptors (Lipinski definition) is 40. The van der Waals surface area contributed by atoms with Crippen molar-refractivity contribution in [3.05, 3.63) is 0 Å². The Kier molecular flexibility index (Phi) is 47.7. The maximum atomic E-state index is 14.5. The van der Waals surface area contributed by atoms with Crippen LogP contribution in [-0.2, 0) is 134 Å². The molecular weight excluding hydrogens is 1840 g/mol. The van der Waals surface area contributed by atoms with E-state index in [1.165, 1.54) is 0 Å². The minimum absolute atomic E-state index is 0.266. The van der Waals surface area contributed by atoms with E-state index in [0.717, 1.165) is 92.8 Å². The number of aliphatic hydroxyl groups excluding tert-OH is 8. The molecule has 0 radical (unpaired) electrons.